The molecule has 0 saturated heterocycles. The van der Waals surface area contributed by atoms with E-state index < -0.39 is 0 Å². The number of carbonyl (C=O) groups excluding carboxylic acids is 1. The molecular weight excluding hydrogens is 408 g/mol. The lowest BCUT2D eigenvalue weighted by atomic mass is 10.2. The van der Waals surface area contributed by atoms with Gasteiger partial charge in [-0.3, -0.25) is 9.69 Å². The molecule has 7 heteroatoms. The highest BCUT2D eigenvalue weighted by Gasteiger charge is 2.32. The molecule has 2 aromatic carbocycles. The van der Waals surface area contributed by atoms with E-state index in [2.05, 4.69) is 12.2 Å². The van der Waals surface area contributed by atoms with Gasteiger partial charge in [-0.1, -0.05) is 61.2 Å². The smallest absolute Gasteiger partial charge is 0.233 e. The molecule has 4 rings (SSSR count). The molecule has 0 fully saturated rings. The van der Waals surface area contributed by atoms with Crippen LogP contribution in [0.3, 0.4) is 0 Å². The van der Waals surface area contributed by atoms with E-state index in [1.165, 1.54) is 0 Å². The van der Waals surface area contributed by atoms with E-state index in [0.29, 0.717) is 24.7 Å². The third-order valence-electron chi connectivity index (χ3n) is 5.09. The summed E-state index contributed by atoms with van der Waals surface area (Å²) in [5.41, 5.74) is 3.06. The van der Waals surface area contributed by atoms with Gasteiger partial charge in [-0.05, 0) is 29.7 Å². The molecule has 1 N–H and O–H groups in total. The van der Waals surface area contributed by atoms with E-state index in [0.717, 1.165) is 46.2 Å². The molecule has 2 heterocycles. The molecule has 1 aliphatic rings. The Morgan fingerprint density at radius 3 is 2.55 bits per heavy atom. The summed E-state index contributed by atoms with van der Waals surface area (Å²) in [5, 5.41) is 4.14. The molecule has 1 aliphatic heterocycles. The summed E-state index contributed by atoms with van der Waals surface area (Å²) in [7, 11) is 1.66. The van der Waals surface area contributed by atoms with Gasteiger partial charge in [0.1, 0.15) is 17.4 Å². The summed E-state index contributed by atoms with van der Waals surface area (Å²) in [6.07, 6.45) is 1.35. The number of nitrogens with zero attached hydrogens (tertiary/aromatic N) is 3. The number of aromatic nitrogens is 2. The molecule has 1 amide bonds. The Bertz CT molecular complexity index is 1040. The lowest BCUT2D eigenvalue weighted by molar-refractivity contribution is -0.117. The van der Waals surface area contributed by atoms with Crippen LogP contribution in [0.4, 0.5) is 11.6 Å². The molecule has 0 aliphatic carbocycles. The van der Waals surface area contributed by atoms with Gasteiger partial charge >= 0.3 is 0 Å². The number of methoxy groups -OCH3 is 1. The number of ether oxygens (including phenoxy) is 1. The van der Waals surface area contributed by atoms with Gasteiger partial charge in [0.15, 0.2) is 5.16 Å². The van der Waals surface area contributed by atoms with E-state index in [-0.39, 0.29) is 5.91 Å². The number of thioether (sulfide) groups is 1. The average molecular weight is 435 g/mol. The topological polar surface area (TPSA) is 67.4 Å². The summed E-state index contributed by atoms with van der Waals surface area (Å²) >= 11 is 1.62. The van der Waals surface area contributed by atoms with Crippen molar-refractivity contribution in [3.05, 3.63) is 71.3 Å². The van der Waals surface area contributed by atoms with Crippen molar-refractivity contribution in [2.24, 2.45) is 0 Å². The molecule has 0 unspecified atom stereocenters. The van der Waals surface area contributed by atoms with E-state index >= 15 is 0 Å². The quantitative estimate of drug-likeness (QED) is 0.389. The number of nitrogens with one attached hydrogen (secondary N) is 1. The summed E-state index contributed by atoms with van der Waals surface area (Å²) in [6, 6.07) is 17.9. The first-order valence-electron chi connectivity index (χ1n) is 10.4. The van der Waals surface area contributed by atoms with Crippen molar-refractivity contribution in [1.29, 1.82) is 0 Å². The summed E-state index contributed by atoms with van der Waals surface area (Å²) in [5.74, 6) is 3.27. The van der Waals surface area contributed by atoms with E-state index in [4.69, 9.17) is 14.7 Å². The number of benzene rings is 2. The maximum atomic E-state index is 12.9. The van der Waals surface area contributed by atoms with Gasteiger partial charge in [0, 0.05) is 17.9 Å². The second-order valence-electron chi connectivity index (χ2n) is 7.35. The Morgan fingerprint density at radius 2 is 1.84 bits per heavy atom. The molecule has 3 aromatic rings. The lowest BCUT2D eigenvalue weighted by Crippen LogP contribution is -2.26. The summed E-state index contributed by atoms with van der Waals surface area (Å²) < 4.78 is 5.23. The van der Waals surface area contributed by atoms with Crippen LogP contribution in [0.1, 0.15) is 30.0 Å². The third kappa shape index (κ3) is 4.99. The predicted molar refractivity (Wildman–Crippen MR) is 125 cm³/mol. The van der Waals surface area contributed by atoms with Gasteiger partial charge in [-0.15, -0.1) is 0 Å². The van der Waals surface area contributed by atoms with Crippen LogP contribution in [0.25, 0.3) is 0 Å². The fraction of sp³-hybridized carbons (Fsp3) is 0.292. The Kier molecular flexibility index (Phi) is 6.72. The number of hydrogen-bond donors (Lipinski definition) is 1. The molecular formula is C24H26N4O2S. The zero-order chi connectivity index (χ0) is 21.6. The van der Waals surface area contributed by atoms with Gasteiger partial charge in [-0.25, -0.2) is 9.97 Å². The van der Waals surface area contributed by atoms with Gasteiger partial charge in [0.05, 0.1) is 20.1 Å². The second kappa shape index (κ2) is 9.83. The molecule has 0 spiro atoms. The van der Waals surface area contributed by atoms with Crippen molar-refractivity contribution >= 4 is 29.3 Å². The van der Waals surface area contributed by atoms with Gasteiger partial charge in [0.25, 0.3) is 0 Å². The van der Waals surface area contributed by atoms with Crippen molar-refractivity contribution < 1.29 is 9.53 Å². The minimum absolute atomic E-state index is 0.0540. The Balaban J connectivity index is 1.61. The van der Waals surface area contributed by atoms with Crippen LogP contribution in [0, 0.1) is 0 Å². The molecule has 0 atom stereocenters. The van der Waals surface area contributed by atoms with Crippen LogP contribution in [0.5, 0.6) is 5.75 Å². The van der Waals surface area contributed by atoms with Crippen LogP contribution < -0.4 is 15.0 Å². The highest BCUT2D eigenvalue weighted by atomic mass is 32.2. The standard InChI is InChI=1S/C24H26N4O2S/c1-3-13-31-24-26-22(25-15-17-9-11-19(30-2)12-10-17)20-14-21(29)28(23(20)27-24)16-18-7-5-4-6-8-18/h4-12H,3,13-16H2,1-2H3,(H,25,26,27). The third-order valence-corrected chi connectivity index (χ3v) is 6.14. The lowest BCUT2D eigenvalue weighted by Gasteiger charge is -2.18. The monoisotopic (exact) mass is 434 g/mol. The fourth-order valence-electron chi connectivity index (χ4n) is 3.47. The van der Waals surface area contributed by atoms with Crippen LogP contribution in [0.2, 0.25) is 0 Å². The van der Waals surface area contributed by atoms with Gasteiger partial charge in [-0.2, -0.15) is 0 Å². The number of anilines is 2. The summed E-state index contributed by atoms with van der Waals surface area (Å²) in [4.78, 5) is 24.1. The van der Waals surface area contributed by atoms with Crippen molar-refractivity contribution in [3.63, 3.8) is 0 Å². The van der Waals surface area contributed by atoms with Crippen LogP contribution in [0.15, 0.2) is 59.8 Å². The van der Waals surface area contributed by atoms with E-state index in [1.807, 2.05) is 54.6 Å². The first kappa shape index (κ1) is 21.2. The molecule has 0 bridgehead atoms. The number of hydrogen-bond acceptors (Lipinski definition) is 6. The number of amides is 1. The molecule has 160 valence electrons. The zero-order valence-corrected chi connectivity index (χ0v) is 18.6. The average Bonchev–Trinajstić information content (AvgIpc) is 3.12. The van der Waals surface area contributed by atoms with Crippen molar-refractivity contribution in [1.82, 2.24) is 9.97 Å². The van der Waals surface area contributed by atoms with Gasteiger partial charge in [0.2, 0.25) is 5.91 Å². The maximum Gasteiger partial charge on any atom is 0.233 e. The largest absolute Gasteiger partial charge is 0.497 e. The predicted octanol–water partition coefficient (Wildman–Crippen LogP) is 4.69. The minimum atomic E-state index is 0.0540. The Labute approximate surface area is 187 Å². The normalized spacial score (nSPS) is 12.7. The SMILES string of the molecule is CCCSc1nc(NCc2ccc(OC)cc2)c2c(n1)N(Cc1ccccc1)C(=O)C2. The first-order valence-corrected chi connectivity index (χ1v) is 11.4. The van der Waals surface area contributed by atoms with E-state index in [9.17, 15) is 4.79 Å². The highest BCUT2D eigenvalue weighted by Crippen LogP contribution is 2.35. The Morgan fingerprint density at radius 1 is 1.06 bits per heavy atom. The second-order valence-corrected chi connectivity index (χ2v) is 8.41. The van der Waals surface area contributed by atoms with E-state index in [1.54, 1.807) is 23.8 Å². The van der Waals surface area contributed by atoms with Crippen molar-refractivity contribution in [2.45, 2.75) is 38.0 Å². The minimum Gasteiger partial charge on any atom is -0.497 e. The molecule has 6 nitrogen and oxygen atoms in total. The van der Waals surface area contributed by atoms with Crippen molar-refractivity contribution in [2.75, 3.05) is 23.1 Å². The zero-order valence-electron chi connectivity index (χ0n) is 17.8. The number of carbonyl (C=O) groups is 1. The van der Waals surface area contributed by atoms with Gasteiger partial charge < -0.3 is 10.1 Å². The fourth-order valence-corrected chi connectivity index (χ4v) is 4.16. The van der Waals surface area contributed by atoms with Crippen LogP contribution >= 0.6 is 11.8 Å². The Hall–Kier alpha value is -3.06. The van der Waals surface area contributed by atoms with Crippen molar-refractivity contribution in [3.8, 4) is 5.75 Å². The number of fused-ring (bicyclic) bond motifs is 1. The van der Waals surface area contributed by atoms with Crippen LogP contribution in [-0.4, -0.2) is 28.7 Å². The summed E-state index contributed by atoms with van der Waals surface area (Å²) in [6.45, 7) is 3.26. The number of rotatable bonds is 9. The maximum absolute atomic E-state index is 12.9. The van der Waals surface area contributed by atoms with Crippen LogP contribution in [-0.2, 0) is 24.3 Å². The molecule has 31 heavy (non-hydrogen) atoms. The highest BCUT2D eigenvalue weighted by molar-refractivity contribution is 7.99. The molecule has 0 saturated carbocycles. The first-order chi connectivity index (χ1) is 15.2. The molecule has 1 aromatic heterocycles. The molecule has 0 radical (unpaired) electrons.